The van der Waals surface area contributed by atoms with E-state index in [0.717, 1.165) is 11.3 Å². The molecule has 1 amide bonds. The number of para-hydroxylation sites is 1. The van der Waals surface area contributed by atoms with Crippen LogP contribution < -0.4 is 5.32 Å². The second-order valence-electron chi connectivity index (χ2n) is 6.31. The average Bonchev–Trinajstić information content (AvgIpc) is 3.33. The molecular weight excluding hydrogens is 408 g/mol. The number of hydrogen-bond acceptors (Lipinski definition) is 8. The molecule has 2 aromatic heterocycles. The van der Waals surface area contributed by atoms with Crippen LogP contribution >= 0.6 is 11.3 Å². The van der Waals surface area contributed by atoms with Crippen molar-refractivity contribution in [3.63, 3.8) is 0 Å². The van der Waals surface area contributed by atoms with Crippen molar-refractivity contribution in [1.29, 1.82) is 0 Å². The SMILES string of the molecule is CCOC(=O)c1c(NC(=O)c2cc(-c3ccccc3O)on2)sc(C(=O)CC)c1C. The van der Waals surface area contributed by atoms with Crippen molar-refractivity contribution in [3.8, 4) is 17.1 Å². The molecule has 0 atom stereocenters. The van der Waals surface area contributed by atoms with Crippen LogP contribution in [0.1, 0.15) is 56.3 Å². The van der Waals surface area contributed by atoms with E-state index in [1.54, 1.807) is 39.0 Å². The summed E-state index contributed by atoms with van der Waals surface area (Å²) in [6.07, 6.45) is 0.268. The van der Waals surface area contributed by atoms with Crippen LogP contribution in [0.15, 0.2) is 34.9 Å². The lowest BCUT2D eigenvalue weighted by Crippen LogP contribution is -2.15. The first-order valence-corrected chi connectivity index (χ1v) is 10.1. The van der Waals surface area contributed by atoms with Crippen molar-refractivity contribution in [2.24, 2.45) is 0 Å². The van der Waals surface area contributed by atoms with E-state index >= 15 is 0 Å². The fourth-order valence-electron chi connectivity index (χ4n) is 2.84. The summed E-state index contributed by atoms with van der Waals surface area (Å²) in [7, 11) is 0. The van der Waals surface area contributed by atoms with Crippen molar-refractivity contribution >= 4 is 34.0 Å². The third-order valence-electron chi connectivity index (χ3n) is 4.34. The van der Waals surface area contributed by atoms with Gasteiger partial charge in [-0.25, -0.2) is 4.79 Å². The second-order valence-corrected chi connectivity index (χ2v) is 7.33. The van der Waals surface area contributed by atoms with Crippen molar-refractivity contribution < 1.29 is 28.8 Å². The number of aromatic hydroxyl groups is 1. The number of ether oxygens (including phenoxy) is 1. The number of phenolic OH excluding ortho intramolecular Hbond substituents is 1. The first-order chi connectivity index (χ1) is 14.4. The number of esters is 1. The van der Waals surface area contributed by atoms with Gasteiger partial charge in [-0.1, -0.05) is 24.2 Å². The molecule has 0 unspecified atom stereocenters. The predicted octanol–water partition coefficient (Wildman–Crippen LogP) is 4.44. The number of ketones is 1. The number of amides is 1. The van der Waals surface area contributed by atoms with Gasteiger partial charge in [0.1, 0.15) is 10.8 Å². The summed E-state index contributed by atoms with van der Waals surface area (Å²) in [5.74, 6) is -1.17. The number of rotatable bonds is 7. The van der Waals surface area contributed by atoms with Gasteiger partial charge in [0.15, 0.2) is 17.2 Å². The van der Waals surface area contributed by atoms with Gasteiger partial charge in [-0.3, -0.25) is 9.59 Å². The predicted molar refractivity (Wildman–Crippen MR) is 111 cm³/mol. The number of thiophene rings is 1. The Bertz CT molecular complexity index is 1110. The molecule has 0 aliphatic heterocycles. The minimum Gasteiger partial charge on any atom is -0.507 e. The third-order valence-corrected chi connectivity index (χ3v) is 5.59. The van der Waals surface area contributed by atoms with Crippen LogP contribution in [0.25, 0.3) is 11.3 Å². The fraction of sp³-hybridized carbons (Fsp3) is 0.238. The summed E-state index contributed by atoms with van der Waals surface area (Å²) >= 11 is 1.02. The van der Waals surface area contributed by atoms with Crippen LogP contribution in [0.3, 0.4) is 0 Å². The Kier molecular flexibility index (Phi) is 6.31. The summed E-state index contributed by atoms with van der Waals surface area (Å²) in [6.45, 7) is 5.20. The minimum atomic E-state index is -0.622. The number of nitrogens with one attached hydrogen (secondary N) is 1. The lowest BCUT2D eigenvalue weighted by atomic mass is 10.1. The summed E-state index contributed by atoms with van der Waals surface area (Å²) in [6, 6.07) is 7.87. The molecule has 0 radical (unpaired) electrons. The number of benzene rings is 1. The quantitative estimate of drug-likeness (QED) is 0.422. The van der Waals surface area contributed by atoms with Crippen molar-refractivity contribution in [1.82, 2.24) is 5.16 Å². The van der Waals surface area contributed by atoms with Crippen LogP contribution in [-0.2, 0) is 4.74 Å². The number of phenols is 1. The molecular formula is C21H20N2O6S. The fourth-order valence-corrected chi connectivity index (χ4v) is 4.04. The highest BCUT2D eigenvalue weighted by molar-refractivity contribution is 7.18. The van der Waals surface area contributed by atoms with Gasteiger partial charge in [0.2, 0.25) is 0 Å². The van der Waals surface area contributed by atoms with E-state index in [-0.39, 0.29) is 46.6 Å². The van der Waals surface area contributed by atoms with E-state index in [0.29, 0.717) is 16.0 Å². The molecule has 0 fully saturated rings. The number of anilines is 1. The van der Waals surface area contributed by atoms with Crippen LogP contribution in [0, 0.1) is 6.92 Å². The summed E-state index contributed by atoms with van der Waals surface area (Å²) in [5, 5.41) is 16.5. The highest BCUT2D eigenvalue weighted by Gasteiger charge is 2.27. The summed E-state index contributed by atoms with van der Waals surface area (Å²) in [5.41, 5.74) is 0.962. The molecule has 0 aliphatic rings. The van der Waals surface area contributed by atoms with Gasteiger partial charge >= 0.3 is 5.97 Å². The number of Topliss-reactive ketones (excluding diaryl/α,β-unsaturated/α-hetero) is 1. The van der Waals surface area contributed by atoms with Gasteiger partial charge in [0, 0.05) is 12.5 Å². The number of carbonyl (C=O) groups is 3. The van der Waals surface area contributed by atoms with Gasteiger partial charge in [0.25, 0.3) is 5.91 Å². The zero-order chi connectivity index (χ0) is 21.8. The maximum absolute atomic E-state index is 12.7. The zero-order valence-electron chi connectivity index (χ0n) is 16.6. The Morgan fingerprint density at radius 3 is 2.63 bits per heavy atom. The smallest absolute Gasteiger partial charge is 0.341 e. The van der Waals surface area contributed by atoms with Gasteiger partial charge in [-0.2, -0.15) is 0 Å². The van der Waals surface area contributed by atoms with Gasteiger partial charge in [-0.15, -0.1) is 11.3 Å². The number of nitrogens with zero attached hydrogens (tertiary/aromatic N) is 1. The van der Waals surface area contributed by atoms with Crippen LogP contribution in [0.4, 0.5) is 5.00 Å². The number of carbonyl (C=O) groups excluding carboxylic acids is 3. The van der Waals surface area contributed by atoms with Crippen LogP contribution in [0.2, 0.25) is 0 Å². The largest absolute Gasteiger partial charge is 0.507 e. The van der Waals surface area contributed by atoms with Crippen molar-refractivity contribution in [2.75, 3.05) is 11.9 Å². The monoisotopic (exact) mass is 428 g/mol. The Morgan fingerprint density at radius 2 is 1.97 bits per heavy atom. The maximum Gasteiger partial charge on any atom is 0.341 e. The molecule has 0 spiro atoms. The first-order valence-electron chi connectivity index (χ1n) is 9.27. The van der Waals surface area contributed by atoms with Gasteiger partial charge in [0.05, 0.1) is 22.6 Å². The number of hydrogen-bond donors (Lipinski definition) is 2. The Morgan fingerprint density at radius 1 is 1.23 bits per heavy atom. The molecule has 8 nitrogen and oxygen atoms in total. The molecule has 3 rings (SSSR count). The molecule has 0 saturated heterocycles. The third kappa shape index (κ3) is 4.11. The zero-order valence-corrected chi connectivity index (χ0v) is 17.5. The lowest BCUT2D eigenvalue weighted by molar-refractivity contribution is 0.0527. The minimum absolute atomic E-state index is 0.0122. The number of aromatic nitrogens is 1. The van der Waals surface area contributed by atoms with Gasteiger partial charge < -0.3 is 19.7 Å². The summed E-state index contributed by atoms with van der Waals surface area (Å²) < 4.78 is 10.3. The molecule has 1 aromatic carbocycles. The average molecular weight is 428 g/mol. The van der Waals surface area contributed by atoms with E-state index in [1.165, 1.54) is 12.1 Å². The van der Waals surface area contributed by atoms with Crippen LogP contribution in [0.5, 0.6) is 5.75 Å². The van der Waals surface area contributed by atoms with Crippen LogP contribution in [-0.4, -0.2) is 34.5 Å². The highest BCUT2D eigenvalue weighted by atomic mass is 32.1. The molecule has 0 bridgehead atoms. The Balaban J connectivity index is 1.92. The molecule has 9 heteroatoms. The van der Waals surface area contributed by atoms with E-state index in [9.17, 15) is 19.5 Å². The first kappa shape index (κ1) is 21.3. The molecule has 0 aliphatic carbocycles. The molecule has 156 valence electrons. The standard InChI is InChI=1S/C21H20N2O6S/c1-4-14(24)18-11(3)17(21(27)28-5-2)20(30-18)22-19(26)13-10-16(29-23-13)12-8-6-7-9-15(12)25/h6-10,25H,4-5H2,1-3H3,(H,22,26). The summed E-state index contributed by atoms with van der Waals surface area (Å²) in [4.78, 5) is 37.7. The second kappa shape index (κ2) is 8.91. The highest BCUT2D eigenvalue weighted by Crippen LogP contribution is 2.35. The molecule has 2 heterocycles. The lowest BCUT2D eigenvalue weighted by Gasteiger charge is -2.05. The van der Waals surface area contributed by atoms with Gasteiger partial charge in [-0.05, 0) is 31.5 Å². The topological polar surface area (TPSA) is 119 Å². The van der Waals surface area contributed by atoms with E-state index < -0.39 is 11.9 Å². The Hall–Kier alpha value is -3.46. The van der Waals surface area contributed by atoms with Crippen molar-refractivity contribution in [3.05, 3.63) is 52.0 Å². The molecule has 3 aromatic rings. The molecule has 0 saturated carbocycles. The van der Waals surface area contributed by atoms with Crippen molar-refractivity contribution in [2.45, 2.75) is 27.2 Å². The van der Waals surface area contributed by atoms with E-state index in [1.807, 2.05) is 0 Å². The van der Waals surface area contributed by atoms with E-state index in [2.05, 4.69) is 10.5 Å². The molecule has 2 N–H and O–H groups in total. The maximum atomic E-state index is 12.7. The Labute approximate surface area is 176 Å². The van der Waals surface area contributed by atoms with E-state index in [4.69, 9.17) is 9.26 Å². The normalized spacial score (nSPS) is 10.6. The molecule has 30 heavy (non-hydrogen) atoms.